The van der Waals surface area contributed by atoms with E-state index in [0.717, 1.165) is 6.42 Å². The molecule has 0 radical (unpaired) electrons. The highest BCUT2D eigenvalue weighted by Crippen LogP contribution is 2.40. The summed E-state index contributed by atoms with van der Waals surface area (Å²) in [6, 6.07) is 10.8. The molecule has 0 N–H and O–H groups in total. The summed E-state index contributed by atoms with van der Waals surface area (Å²) in [7, 11) is 0. The molecule has 0 fully saturated rings. The average molecular weight is 261 g/mol. The summed E-state index contributed by atoms with van der Waals surface area (Å²) < 4.78 is 5.19. The van der Waals surface area contributed by atoms with E-state index in [-0.39, 0.29) is 5.41 Å². The summed E-state index contributed by atoms with van der Waals surface area (Å²) in [6.45, 7) is 0. The SMILES string of the molecule is ClCC1(Cc2ccoc2)CCCc2ccccc21. The highest BCUT2D eigenvalue weighted by atomic mass is 35.5. The first-order valence-electron chi connectivity index (χ1n) is 6.49. The highest BCUT2D eigenvalue weighted by Gasteiger charge is 2.35. The summed E-state index contributed by atoms with van der Waals surface area (Å²) in [5.74, 6) is 0.676. The molecule has 0 saturated carbocycles. The molecule has 1 unspecified atom stereocenters. The van der Waals surface area contributed by atoms with Gasteiger partial charge in [0.1, 0.15) is 0 Å². The lowest BCUT2D eigenvalue weighted by Gasteiger charge is -2.37. The van der Waals surface area contributed by atoms with Crippen molar-refractivity contribution in [1.29, 1.82) is 0 Å². The molecule has 0 amide bonds. The fourth-order valence-corrected chi connectivity index (χ4v) is 3.53. The molecule has 1 atom stereocenters. The van der Waals surface area contributed by atoms with Crippen LogP contribution in [0.2, 0.25) is 0 Å². The number of hydrogen-bond acceptors (Lipinski definition) is 1. The standard InChI is InChI=1S/C16H17ClO/c17-12-16(10-13-7-9-18-11-13)8-3-5-14-4-1-2-6-15(14)16/h1-2,4,6-7,9,11H,3,5,8,10,12H2. The Morgan fingerprint density at radius 1 is 1.22 bits per heavy atom. The number of fused-ring (bicyclic) bond motifs is 1. The van der Waals surface area contributed by atoms with Crippen LogP contribution in [0.25, 0.3) is 0 Å². The van der Waals surface area contributed by atoms with Crippen molar-refractivity contribution in [3.63, 3.8) is 0 Å². The number of furan rings is 1. The molecule has 1 aliphatic carbocycles. The van der Waals surface area contributed by atoms with E-state index in [1.807, 2.05) is 12.3 Å². The summed E-state index contributed by atoms with van der Waals surface area (Å²) in [6.07, 6.45) is 8.13. The molecular formula is C16H17ClO. The summed E-state index contributed by atoms with van der Waals surface area (Å²) in [5.41, 5.74) is 4.23. The van der Waals surface area contributed by atoms with Crippen molar-refractivity contribution in [3.05, 3.63) is 59.5 Å². The van der Waals surface area contributed by atoms with Crippen LogP contribution in [0.1, 0.15) is 29.5 Å². The van der Waals surface area contributed by atoms with Crippen molar-refractivity contribution in [2.45, 2.75) is 31.1 Å². The van der Waals surface area contributed by atoms with Gasteiger partial charge in [0, 0.05) is 11.3 Å². The fraction of sp³-hybridized carbons (Fsp3) is 0.375. The van der Waals surface area contributed by atoms with E-state index in [2.05, 4.69) is 24.3 Å². The van der Waals surface area contributed by atoms with Gasteiger partial charge >= 0.3 is 0 Å². The number of aryl methyl sites for hydroxylation is 1. The van der Waals surface area contributed by atoms with Gasteiger partial charge in [-0.25, -0.2) is 0 Å². The molecule has 2 aromatic rings. The zero-order valence-electron chi connectivity index (χ0n) is 10.4. The van der Waals surface area contributed by atoms with E-state index in [0.29, 0.717) is 5.88 Å². The topological polar surface area (TPSA) is 13.1 Å². The fourth-order valence-electron chi connectivity index (χ4n) is 3.16. The Morgan fingerprint density at radius 2 is 2.11 bits per heavy atom. The van der Waals surface area contributed by atoms with Crippen molar-refractivity contribution >= 4 is 11.6 Å². The second-order valence-electron chi connectivity index (χ2n) is 5.23. The van der Waals surface area contributed by atoms with E-state index in [1.165, 1.54) is 36.0 Å². The van der Waals surface area contributed by atoms with Gasteiger partial charge < -0.3 is 4.42 Å². The summed E-state index contributed by atoms with van der Waals surface area (Å²) >= 11 is 6.35. The maximum Gasteiger partial charge on any atom is 0.0934 e. The van der Waals surface area contributed by atoms with Gasteiger partial charge in [-0.3, -0.25) is 0 Å². The second-order valence-corrected chi connectivity index (χ2v) is 5.50. The van der Waals surface area contributed by atoms with Crippen LogP contribution in [-0.2, 0) is 18.3 Å². The van der Waals surface area contributed by atoms with Crippen LogP contribution < -0.4 is 0 Å². The number of alkyl halides is 1. The number of benzene rings is 1. The molecule has 3 rings (SSSR count). The molecule has 1 nitrogen and oxygen atoms in total. The average Bonchev–Trinajstić information content (AvgIpc) is 2.92. The molecule has 0 aliphatic heterocycles. The van der Waals surface area contributed by atoms with E-state index in [1.54, 1.807) is 6.26 Å². The summed E-state index contributed by atoms with van der Waals surface area (Å²) in [4.78, 5) is 0. The van der Waals surface area contributed by atoms with Crippen LogP contribution in [0, 0.1) is 0 Å². The zero-order valence-corrected chi connectivity index (χ0v) is 11.1. The maximum absolute atomic E-state index is 6.35. The minimum Gasteiger partial charge on any atom is -0.472 e. The molecule has 0 bridgehead atoms. The Balaban J connectivity index is 2.02. The first-order valence-corrected chi connectivity index (χ1v) is 7.03. The lowest BCUT2D eigenvalue weighted by molar-refractivity contribution is 0.395. The van der Waals surface area contributed by atoms with E-state index in [9.17, 15) is 0 Å². The molecule has 1 aliphatic rings. The van der Waals surface area contributed by atoms with Gasteiger partial charge in [0.05, 0.1) is 12.5 Å². The lowest BCUT2D eigenvalue weighted by atomic mass is 9.68. The largest absolute Gasteiger partial charge is 0.472 e. The number of hydrogen-bond donors (Lipinski definition) is 0. The second kappa shape index (κ2) is 4.81. The third-order valence-corrected chi connectivity index (χ3v) is 4.58. The normalized spacial score (nSPS) is 22.7. The first kappa shape index (κ1) is 11.9. The monoisotopic (exact) mass is 260 g/mol. The van der Waals surface area contributed by atoms with Gasteiger partial charge in [-0.2, -0.15) is 0 Å². The summed E-state index contributed by atoms with van der Waals surface area (Å²) in [5, 5.41) is 0. The lowest BCUT2D eigenvalue weighted by Crippen LogP contribution is -2.35. The maximum atomic E-state index is 6.35. The highest BCUT2D eigenvalue weighted by molar-refractivity contribution is 6.18. The predicted molar refractivity (Wildman–Crippen MR) is 74.2 cm³/mol. The molecule has 1 heterocycles. The Labute approximate surface area is 113 Å². The van der Waals surface area contributed by atoms with Crippen molar-refractivity contribution in [2.75, 3.05) is 5.88 Å². The number of halogens is 1. The van der Waals surface area contributed by atoms with Gasteiger partial charge in [0.25, 0.3) is 0 Å². The van der Waals surface area contributed by atoms with Crippen LogP contribution in [0.5, 0.6) is 0 Å². The van der Waals surface area contributed by atoms with Crippen LogP contribution >= 0.6 is 11.6 Å². The molecular weight excluding hydrogens is 244 g/mol. The van der Waals surface area contributed by atoms with Gasteiger partial charge in [0.15, 0.2) is 0 Å². The Hall–Kier alpha value is -1.21. The third-order valence-electron chi connectivity index (χ3n) is 4.07. The zero-order chi connectivity index (χ0) is 12.4. The van der Waals surface area contributed by atoms with Crippen LogP contribution in [0.4, 0.5) is 0 Å². The quantitative estimate of drug-likeness (QED) is 0.749. The van der Waals surface area contributed by atoms with E-state index in [4.69, 9.17) is 16.0 Å². The molecule has 0 saturated heterocycles. The van der Waals surface area contributed by atoms with Crippen molar-refractivity contribution < 1.29 is 4.42 Å². The minimum absolute atomic E-state index is 0.0836. The van der Waals surface area contributed by atoms with Gasteiger partial charge in [-0.15, -0.1) is 11.6 Å². The van der Waals surface area contributed by atoms with Crippen LogP contribution in [-0.4, -0.2) is 5.88 Å². The Morgan fingerprint density at radius 3 is 2.89 bits per heavy atom. The molecule has 18 heavy (non-hydrogen) atoms. The minimum atomic E-state index is 0.0836. The predicted octanol–water partition coefficient (Wildman–Crippen LogP) is 4.34. The Bertz CT molecular complexity index is 518. The third kappa shape index (κ3) is 1.97. The van der Waals surface area contributed by atoms with Crippen molar-refractivity contribution in [1.82, 2.24) is 0 Å². The van der Waals surface area contributed by atoms with E-state index >= 15 is 0 Å². The van der Waals surface area contributed by atoms with E-state index < -0.39 is 0 Å². The van der Waals surface area contributed by atoms with Gasteiger partial charge in [0.2, 0.25) is 0 Å². The molecule has 1 aromatic heterocycles. The Kier molecular flexibility index (Phi) is 3.17. The smallest absolute Gasteiger partial charge is 0.0934 e. The number of rotatable bonds is 3. The van der Waals surface area contributed by atoms with Gasteiger partial charge in [-0.1, -0.05) is 24.3 Å². The van der Waals surface area contributed by atoms with Crippen molar-refractivity contribution in [3.8, 4) is 0 Å². The van der Waals surface area contributed by atoms with Crippen molar-refractivity contribution in [2.24, 2.45) is 0 Å². The van der Waals surface area contributed by atoms with Crippen LogP contribution in [0.15, 0.2) is 47.3 Å². The molecule has 94 valence electrons. The molecule has 2 heteroatoms. The molecule has 1 aromatic carbocycles. The van der Waals surface area contributed by atoms with Gasteiger partial charge in [-0.05, 0) is 48.4 Å². The van der Waals surface area contributed by atoms with Crippen LogP contribution in [0.3, 0.4) is 0 Å². The first-order chi connectivity index (χ1) is 8.84. The molecule has 0 spiro atoms.